The first-order chi connectivity index (χ1) is 28.1. The maximum atomic E-state index is 11.3. The Morgan fingerprint density at radius 2 is 0.508 bits per heavy atom. The van der Waals surface area contributed by atoms with Crippen molar-refractivity contribution in [1.82, 2.24) is 0 Å². The van der Waals surface area contributed by atoms with Crippen molar-refractivity contribution in [3.8, 4) is 0 Å². The Kier molecular flexibility index (Phi) is 40.5. The van der Waals surface area contributed by atoms with Gasteiger partial charge < -0.3 is 9.11 Å². The van der Waals surface area contributed by atoms with Crippen molar-refractivity contribution in [2.24, 2.45) is 0 Å². The number of aryl methyl sites for hydroxylation is 2. The van der Waals surface area contributed by atoms with Crippen molar-refractivity contribution in [3.05, 3.63) is 59.7 Å². The monoisotopic (exact) mass is 984 g/mol. The number of hydrogen-bond donors (Lipinski definition) is 0. The molecule has 0 amide bonds. The average Bonchev–Trinajstić information content (AvgIpc) is 3.20. The maximum absolute atomic E-state index is 11.3. The van der Waals surface area contributed by atoms with Gasteiger partial charge in [0.15, 0.2) is 0 Å². The van der Waals surface area contributed by atoms with E-state index < -0.39 is 20.2 Å². The fourth-order valence-corrected chi connectivity index (χ4v) is 9.46. The van der Waals surface area contributed by atoms with Gasteiger partial charge in [-0.05, 0) is 48.9 Å². The van der Waals surface area contributed by atoms with Gasteiger partial charge in [-0.3, -0.25) is 0 Å². The average molecular weight is 985 g/mol. The normalized spacial score (nSPS) is 11.6. The van der Waals surface area contributed by atoms with Crippen LogP contribution in [0.2, 0.25) is 0 Å². The minimum absolute atomic E-state index is 0. The van der Waals surface area contributed by atoms with Crippen LogP contribution in [0.5, 0.6) is 0 Å². The number of rotatable bonds is 38. The van der Waals surface area contributed by atoms with E-state index in [2.05, 4.69) is 13.8 Å². The first kappa shape index (κ1) is 58.8. The molecule has 2 aromatic carbocycles. The van der Waals surface area contributed by atoms with Crippen LogP contribution in [-0.4, -0.2) is 74.8 Å². The van der Waals surface area contributed by atoms with Gasteiger partial charge >= 0.3 is 48.9 Å². The molecule has 6 nitrogen and oxygen atoms in total. The van der Waals surface area contributed by atoms with Crippen LogP contribution in [0.15, 0.2) is 58.3 Å². The molecule has 0 saturated heterocycles. The van der Waals surface area contributed by atoms with Gasteiger partial charge in [0, 0.05) is 0 Å². The summed E-state index contributed by atoms with van der Waals surface area (Å²) in [6.07, 6.45) is 46.5. The molecule has 0 N–H and O–H groups in total. The van der Waals surface area contributed by atoms with Crippen LogP contribution in [0.1, 0.15) is 243 Å². The van der Waals surface area contributed by atoms with Gasteiger partial charge in [0.05, 0.1) is 9.79 Å². The van der Waals surface area contributed by atoms with Crippen LogP contribution >= 0.6 is 0 Å². The van der Waals surface area contributed by atoms with Gasteiger partial charge in [0.1, 0.15) is 20.2 Å². The largest absolute Gasteiger partial charge is 2.00 e. The number of unbranched alkanes of at least 4 members (excludes halogenated alkanes) is 32. The molecule has 0 spiro atoms. The first-order valence-electron chi connectivity index (χ1n) is 24.2. The number of hydrogen-bond acceptors (Lipinski definition) is 6. The molecule has 9 heteroatoms. The van der Waals surface area contributed by atoms with Gasteiger partial charge in [-0.25, -0.2) is 16.8 Å². The predicted octanol–water partition coefficient (Wildman–Crippen LogP) is 15.2. The van der Waals surface area contributed by atoms with Crippen molar-refractivity contribution in [1.29, 1.82) is 0 Å². The molecule has 0 aromatic heterocycles. The van der Waals surface area contributed by atoms with Crippen LogP contribution in [0, 0.1) is 0 Å². The van der Waals surface area contributed by atoms with Crippen LogP contribution in [0.4, 0.5) is 0 Å². The van der Waals surface area contributed by atoms with Gasteiger partial charge in [-0.15, -0.1) is 0 Å². The van der Waals surface area contributed by atoms with E-state index in [1.54, 1.807) is 36.4 Å². The third-order valence-electron chi connectivity index (χ3n) is 11.6. The maximum Gasteiger partial charge on any atom is 2.00 e. The van der Waals surface area contributed by atoms with E-state index in [-0.39, 0.29) is 58.7 Å². The topological polar surface area (TPSA) is 114 Å². The third kappa shape index (κ3) is 34.9. The molecule has 0 heterocycles. The van der Waals surface area contributed by atoms with Crippen molar-refractivity contribution >= 4 is 69.1 Å². The van der Waals surface area contributed by atoms with Crippen LogP contribution < -0.4 is 0 Å². The summed E-state index contributed by atoms with van der Waals surface area (Å²) in [5, 5.41) is 0. The van der Waals surface area contributed by atoms with E-state index in [4.69, 9.17) is 0 Å². The summed E-state index contributed by atoms with van der Waals surface area (Å²) in [7, 11) is -8.71. The summed E-state index contributed by atoms with van der Waals surface area (Å²) >= 11 is 0. The van der Waals surface area contributed by atoms with E-state index in [1.165, 1.54) is 205 Å². The summed E-state index contributed by atoms with van der Waals surface area (Å²) in [6.45, 7) is 4.54. The zero-order valence-corrected chi connectivity index (χ0v) is 44.1. The van der Waals surface area contributed by atoms with E-state index >= 15 is 0 Å². The summed E-state index contributed by atoms with van der Waals surface area (Å²) in [5.41, 5.74) is 1.34. The Morgan fingerprint density at radius 1 is 0.322 bits per heavy atom. The molecule has 2 rings (SSSR count). The summed E-state index contributed by atoms with van der Waals surface area (Å²) in [4.78, 5) is -0.0898. The minimum atomic E-state index is -4.36. The Balaban J connectivity index is 0.00000112. The van der Waals surface area contributed by atoms with E-state index in [0.717, 1.165) is 25.7 Å². The van der Waals surface area contributed by atoms with E-state index in [9.17, 15) is 25.9 Å². The molecule has 0 aliphatic heterocycles. The predicted molar refractivity (Wildman–Crippen MR) is 250 cm³/mol. The Bertz CT molecular complexity index is 1340. The fraction of sp³-hybridized carbons (Fsp3) is 0.760. The second kappa shape index (κ2) is 40.6. The van der Waals surface area contributed by atoms with Gasteiger partial charge in [-0.1, -0.05) is 256 Å². The Hall–Kier alpha value is -0.169. The van der Waals surface area contributed by atoms with Gasteiger partial charge in [0.2, 0.25) is 0 Å². The molecule has 0 unspecified atom stereocenters. The second-order valence-corrected chi connectivity index (χ2v) is 19.6. The smallest absolute Gasteiger partial charge is 0.744 e. The Labute approximate surface area is 405 Å². The van der Waals surface area contributed by atoms with Gasteiger partial charge in [-0.2, -0.15) is 0 Å². The fourth-order valence-electron chi connectivity index (χ4n) is 7.99. The SMILES string of the molecule is CCCCCCCCCCCCCCCCCCCc1ccccc1S(=O)(=O)[O-].CCCCCCCCCCCCCCCCCCCc1ccccc1S(=O)(=O)[O-].[Ba+2]. The van der Waals surface area contributed by atoms with Gasteiger partial charge in [0.25, 0.3) is 0 Å². The van der Waals surface area contributed by atoms with E-state index in [1.807, 2.05) is 0 Å². The molecular weight excluding hydrogens is 898 g/mol. The van der Waals surface area contributed by atoms with Crippen LogP contribution in [-0.2, 0) is 33.1 Å². The van der Waals surface area contributed by atoms with Crippen molar-refractivity contribution in [2.45, 2.75) is 255 Å². The molecule has 0 saturated carbocycles. The molecule has 0 atom stereocenters. The standard InChI is InChI=1S/2C25H44O3S.Ba/c2*1-2-3-4-5-6-7-8-9-10-11-12-13-14-15-16-17-18-21-24-22-19-20-23-25(24)29(26,27)28;/h2*19-20,22-23H,2-18,21H2,1H3,(H,26,27,28);/q;;+2/p-2. The summed E-state index contributed by atoms with van der Waals surface area (Å²) in [5.74, 6) is 0. The summed E-state index contributed by atoms with van der Waals surface area (Å²) in [6, 6.07) is 13.2. The molecule has 0 bridgehead atoms. The molecular formula is C50H86BaO6S2. The molecule has 0 aliphatic rings. The zero-order chi connectivity index (χ0) is 42.4. The van der Waals surface area contributed by atoms with Crippen LogP contribution in [0.25, 0.3) is 0 Å². The van der Waals surface area contributed by atoms with Crippen molar-refractivity contribution < 1.29 is 25.9 Å². The molecule has 0 fully saturated rings. The second-order valence-electron chi connectivity index (χ2n) is 16.9. The quantitative estimate of drug-likeness (QED) is 0.0376. The summed E-state index contributed by atoms with van der Waals surface area (Å²) < 4.78 is 67.7. The van der Waals surface area contributed by atoms with Crippen LogP contribution in [0.3, 0.4) is 0 Å². The molecule has 2 aromatic rings. The minimum Gasteiger partial charge on any atom is -0.744 e. The van der Waals surface area contributed by atoms with Crippen molar-refractivity contribution in [3.63, 3.8) is 0 Å². The molecule has 0 radical (unpaired) electrons. The molecule has 59 heavy (non-hydrogen) atoms. The zero-order valence-electron chi connectivity index (χ0n) is 38.0. The first-order valence-corrected chi connectivity index (χ1v) is 27.0. The molecule has 336 valence electrons. The van der Waals surface area contributed by atoms with E-state index in [0.29, 0.717) is 24.0 Å². The third-order valence-corrected chi connectivity index (χ3v) is 13.5. The van der Waals surface area contributed by atoms with Crippen molar-refractivity contribution in [2.75, 3.05) is 0 Å². The Morgan fingerprint density at radius 3 is 0.712 bits per heavy atom. The number of benzene rings is 2. The molecule has 0 aliphatic carbocycles.